The molecule has 5 aromatic rings. The third-order valence-electron chi connectivity index (χ3n) is 6.23. The van der Waals surface area contributed by atoms with E-state index in [1.807, 2.05) is 62.4 Å². The highest BCUT2D eigenvalue weighted by atomic mass is 32.2. The molecule has 0 fully saturated rings. The lowest BCUT2D eigenvalue weighted by Crippen LogP contribution is -2.30. The summed E-state index contributed by atoms with van der Waals surface area (Å²) in [5.41, 5.74) is 2.99. The number of hydrogen-bond donors (Lipinski definition) is 3. The third-order valence-corrected chi connectivity index (χ3v) is 8.04. The van der Waals surface area contributed by atoms with Crippen molar-refractivity contribution in [3.63, 3.8) is 0 Å². The first kappa shape index (κ1) is 29.6. The standard InChI is InChI=1S/C33H28N4O4S2/c1-21-8-10-23(11-9-21)29-17-14-26(41-29)20-28(36-31(39)24-6-4-3-5-7-24)32(40)35-25-12-15-27(16-13-25)43-22(2)30(38)37-33-34-18-19-42-33/h3-20,22H,1-2H3,(H,35,40)(H,36,39)(H,34,37,38). The summed E-state index contributed by atoms with van der Waals surface area (Å²) >= 11 is 2.75. The van der Waals surface area contributed by atoms with Crippen molar-refractivity contribution in [1.82, 2.24) is 10.3 Å². The molecule has 2 aromatic heterocycles. The number of benzene rings is 3. The van der Waals surface area contributed by atoms with Crippen LogP contribution < -0.4 is 16.0 Å². The fourth-order valence-electron chi connectivity index (χ4n) is 3.95. The number of thiazole rings is 1. The van der Waals surface area contributed by atoms with Crippen molar-refractivity contribution in [3.8, 4) is 11.3 Å². The van der Waals surface area contributed by atoms with Gasteiger partial charge in [-0.3, -0.25) is 14.4 Å². The Bertz CT molecular complexity index is 1730. The Morgan fingerprint density at radius 1 is 0.907 bits per heavy atom. The minimum atomic E-state index is -0.519. The maximum atomic E-state index is 13.4. The molecule has 3 N–H and O–H groups in total. The number of carbonyl (C=O) groups excluding carboxylic acids is 3. The first-order chi connectivity index (χ1) is 20.8. The van der Waals surface area contributed by atoms with Crippen LogP contribution in [-0.2, 0) is 9.59 Å². The van der Waals surface area contributed by atoms with Crippen molar-refractivity contribution in [3.05, 3.63) is 125 Å². The molecule has 3 amide bonds. The van der Waals surface area contributed by atoms with Gasteiger partial charge in [0.2, 0.25) is 5.91 Å². The number of amides is 3. The first-order valence-electron chi connectivity index (χ1n) is 13.4. The Balaban J connectivity index is 1.30. The molecule has 1 unspecified atom stereocenters. The van der Waals surface area contributed by atoms with E-state index in [1.165, 1.54) is 29.2 Å². The molecule has 2 heterocycles. The highest BCUT2D eigenvalue weighted by Gasteiger charge is 2.18. The fourth-order valence-corrected chi connectivity index (χ4v) is 5.35. The molecule has 216 valence electrons. The smallest absolute Gasteiger partial charge is 0.272 e. The normalized spacial score (nSPS) is 11.9. The van der Waals surface area contributed by atoms with E-state index in [-0.39, 0.29) is 16.9 Å². The van der Waals surface area contributed by atoms with Gasteiger partial charge < -0.3 is 20.4 Å². The molecule has 0 saturated carbocycles. The van der Waals surface area contributed by atoms with Gasteiger partial charge in [-0.15, -0.1) is 23.1 Å². The van der Waals surface area contributed by atoms with Crippen LogP contribution in [0.1, 0.15) is 28.6 Å². The lowest BCUT2D eigenvalue weighted by molar-refractivity contribution is -0.115. The van der Waals surface area contributed by atoms with Gasteiger partial charge >= 0.3 is 0 Å². The van der Waals surface area contributed by atoms with Crippen molar-refractivity contribution in [1.29, 1.82) is 0 Å². The highest BCUT2D eigenvalue weighted by Crippen LogP contribution is 2.27. The quantitative estimate of drug-likeness (QED) is 0.114. The maximum absolute atomic E-state index is 13.4. The van der Waals surface area contributed by atoms with Gasteiger partial charge in [0.15, 0.2) is 5.13 Å². The van der Waals surface area contributed by atoms with E-state index in [0.29, 0.717) is 27.9 Å². The minimum Gasteiger partial charge on any atom is -0.457 e. The summed E-state index contributed by atoms with van der Waals surface area (Å²) in [5, 5.41) is 10.4. The molecule has 8 nitrogen and oxygen atoms in total. The van der Waals surface area contributed by atoms with Gasteiger partial charge in [0.25, 0.3) is 11.8 Å². The van der Waals surface area contributed by atoms with Crippen LogP contribution in [0.25, 0.3) is 17.4 Å². The number of aromatic nitrogens is 1. The zero-order chi connectivity index (χ0) is 30.2. The van der Waals surface area contributed by atoms with E-state index in [2.05, 4.69) is 20.9 Å². The Labute approximate surface area is 257 Å². The van der Waals surface area contributed by atoms with Crippen LogP contribution in [0.5, 0.6) is 0 Å². The molecule has 43 heavy (non-hydrogen) atoms. The molecule has 0 aliphatic heterocycles. The SMILES string of the molecule is Cc1ccc(-c2ccc(C=C(NC(=O)c3ccccc3)C(=O)Nc3ccc(SC(C)C(=O)Nc4nccs4)cc3)o2)cc1. The van der Waals surface area contributed by atoms with Gasteiger partial charge in [-0.1, -0.05) is 48.0 Å². The number of carbonyl (C=O) groups is 3. The molecular formula is C33H28N4O4S2. The van der Waals surface area contributed by atoms with Crippen LogP contribution in [0.3, 0.4) is 0 Å². The van der Waals surface area contributed by atoms with Crippen LogP contribution in [0.4, 0.5) is 10.8 Å². The summed E-state index contributed by atoms with van der Waals surface area (Å²) < 4.78 is 5.99. The third kappa shape index (κ3) is 8.09. The van der Waals surface area contributed by atoms with Crippen molar-refractivity contribution in [2.45, 2.75) is 24.0 Å². The predicted molar refractivity (Wildman–Crippen MR) is 172 cm³/mol. The summed E-state index contributed by atoms with van der Waals surface area (Å²) in [6.07, 6.45) is 3.14. The second kappa shape index (κ2) is 13.8. The average Bonchev–Trinajstić information content (AvgIpc) is 3.71. The van der Waals surface area contributed by atoms with Gasteiger partial charge in [-0.2, -0.15) is 0 Å². The molecular weight excluding hydrogens is 581 g/mol. The number of hydrogen-bond acceptors (Lipinski definition) is 7. The largest absolute Gasteiger partial charge is 0.457 e. The van der Waals surface area contributed by atoms with Crippen molar-refractivity contribution >= 4 is 57.7 Å². The topological polar surface area (TPSA) is 113 Å². The van der Waals surface area contributed by atoms with Crippen molar-refractivity contribution in [2.75, 3.05) is 10.6 Å². The van der Waals surface area contributed by atoms with E-state index in [1.54, 1.807) is 54.0 Å². The Kier molecular flexibility index (Phi) is 9.50. The van der Waals surface area contributed by atoms with E-state index in [4.69, 9.17) is 4.42 Å². The van der Waals surface area contributed by atoms with Crippen molar-refractivity contribution < 1.29 is 18.8 Å². The molecule has 0 radical (unpaired) electrons. The minimum absolute atomic E-state index is 0.0181. The first-order valence-corrected chi connectivity index (χ1v) is 15.1. The highest BCUT2D eigenvalue weighted by molar-refractivity contribution is 8.00. The summed E-state index contributed by atoms with van der Waals surface area (Å²) in [4.78, 5) is 43.8. The molecule has 3 aromatic carbocycles. The monoisotopic (exact) mass is 608 g/mol. The average molecular weight is 609 g/mol. The number of thioether (sulfide) groups is 1. The molecule has 10 heteroatoms. The number of rotatable bonds is 10. The van der Waals surface area contributed by atoms with Gasteiger partial charge in [-0.05, 0) is 62.4 Å². The van der Waals surface area contributed by atoms with Gasteiger partial charge in [0, 0.05) is 39.4 Å². The second-order valence-electron chi connectivity index (χ2n) is 9.51. The number of nitrogens with zero attached hydrogens (tertiary/aromatic N) is 1. The van der Waals surface area contributed by atoms with Crippen LogP contribution in [-0.4, -0.2) is 28.0 Å². The number of furan rings is 1. The molecule has 0 aliphatic rings. The summed E-state index contributed by atoms with van der Waals surface area (Å²) in [7, 11) is 0. The van der Waals surface area contributed by atoms with Gasteiger partial charge in [-0.25, -0.2) is 4.98 Å². The number of anilines is 2. The van der Waals surface area contributed by atoms with E-state index in [0.717, 1.165) is 16.0 Å². The van der Waals surface area contributed by atoms with Crippen LogP contribution in [0, 0.1) is 6.92 Å². The molecule has 0 saturated heterocycles. The number of nitrogens with one attached hydrogen (secondary N) is 3. The molecule has 0 spiro atoms. The van der Waals surface area contributed by atoms with Crippen LogP contribution >= 0.6 is 23.1 Å². The lowest BCUT2D eigenvalue weighted by Gasteiger charge is -2.13. The Morgan fingerprint density at radius 3 is 2.35 bits per heavy atom. The van der Waals surface area contributed by atoms with E-state index >= 15 is 0 Å². The zero-order valence-corrected chi connectivity index (χ0v) is 25.0. The molecule has 0 bridgehead atoms. The van der Waals surface area contributed by atoms with E-state index in [9.17, 15) is 14.4 Å². The van der Waals surface area contributed by atoms with E-state index < -0.39 is 11.8 Å². The maximum Gasteiger partial charge on any atom is 0.272 e. The van der Waals surface area contributed by atoms with Gasteiger partial charge in [0.1, 0.15) is 17.2 Å². The Morgan fingerprint density at radius 2 is 1.65 bits per heavy atom. The molecule has 0 aliphatic carbocycles. The van der Waals surface area contributed by atoms with Crippen molar-refractivity contribution in [2.24, 2.45) is 0 Å². The predicted octanol–water partition coefficient (Wildman–Crippen LogP) is 7.24. The lowest BCUT2D eigenvalue weighted by atomic mass is 10.1. The zero-order valence-electron chi connectivity index (χ0n) is 23.4. The summed E-state index contributed by atoms with van der Waals surface area (Å²) in [6.45, 7) is 3.83. The number of aryl methyl sites for hydroxylation is 1. The molecule has 5 rings (SSSR count). The van der Waals surface area contributed by atoms with Crippen LogP contribution in [0.15, 0.2) is 118 Å². The van der Waals surface area contributed by atoms with Crippen LogP contribution in [0.2, 0.25) is 0 Å². The summed E-state index contributed by atoms with van der Waals surface area (Å²) in [5.74, 6) is -0.0446. The van der Waals surface area contributed by atoms with Gasteiger partial charge in [0.05, 0.1) is 5.25 Å². The fraction of sp³-hybridized carbons (Fsp3) is 0.0909. The summed E-state index contributed by atoms with van der Waals surface area (Å²) in [6, 6.07) is 27.2. The molecule has 1 atom stereocenters. The Hall–Kier alpha value is -4.93. The second-order valence-corrected chi connectivity index (χ2v) is 11.8.